The molecule has 0 amide bonds. The number of para-hydroxylation sites is 1. The minimum atomic E-state index is -0.257. The van der Waals surface area contributed by atoms with Crippen LogP contribution in [0, 0.1) is 5.82 Å². The Kier molecular flexibility index (Phi) is 3.71. The molecule has 0 atom stereocenters. The zero-order chi connectivity index (χ0) is 14.8. The molecule has 0 aliphatic carbocycles. The molecule has 0 saturated heterocycles. The Balaban J connectivity index is 1.96. The highest BCUT2D eigenvalue weighted by Gasteiger charge is 2.10. The molecule has 21 heavy (non-hydrogen) atoms. The lowest BCUT2D eigenvalue weighted by molar-refractivity contribution is 0.578. The van der Waals surface area contributed by atoms with E-state index in [1.54, 1.807) is 23.0 Å². The minimum absolute atomic E-state index is 0.257. The molecule has 3 rings (SSSR count). The van der Waals surface area contributed by atoms with Crippen molar-refractivity contribution in [3.8, 4) is 5.69 Å². The van der Waals surface area contributed by atoms with Crippen molar-refractivity contribution in [1.29, 1.82) is 0 Å². The van der Waals surface area contributed by atoms with Gasteiger partial charge in [0, 0.05) is 18.0 Å². The highest BCUT2D eigenvalue weighted by Crippen LogP contribution is 2.21. The first-order chi connectivity index (χ1) is 10.1. The molecule has 1 N–H and O–H groups in total. The van der Waals surface area contributed by atoms with Crippen LogP contribution in [0.2, 0.25) is 0 Å². The van der Waals surface area contributed by atoms with Gasteiger partial charge in [-0.25, -0.2) is 9.07 Å². The fraction of sp³-hybridized carbons (Fsp3) is 0.235. The number of halogens is 1. The van der Waals surface area contributed by atoms with Crippen LogP contribution in [0.1, 0.15) is 19.4 Å². The number of aromatic nitrogens is 2. The maximum atomic E-state index is 14.4. The van der Waals surface area contributed by atoms with Crippen LogP contribution in [0.15, 0.2) is 48.7 Å². The second-order valence-corrected chi connectivity index (χ2v) is 5.44. The predicted molar refractivity (Wildman–Crippen MR) is 83.0 cm³/mol. The summed E-state index contributed by atoms with van der Waals surface area (Å²) in [6.45, 7) is 4.80. The number of benzene rings is 2. The highest BCUT2D eigenvalue weighted by atomic mass is 19.1. The van der Waals surface area contributed by atoms with E-state index >= 15 is 0 Å². The van der Waals surface area contributed by atoms with Gasteiger partial charge in [0.25, 0.3) is 0 Å². The van der Waals surface area contributed by atoms with E-state index in [9.17, 15) is 4.39 Å². The van der Waals surface area contributed by atoms with Gasteiger partial charge >= 0.3 is 0 Å². The van der Waals surface area contributed by atoms with Gasteiger partial charge in [-0.05, 0) is 23.8 Å². The molecule has 3 nitrogen and oxygen atoms in total. The third-order valence-electron chi connectivity index (χ3n) is 3.43. The molecule has 0 spiro atoms. The summed E-state index contributed by atoms with van der Waals surface area (Å²) in [5.41, 5.74) is 2.32. The van der Waals surface area contributed by atoms with Crippen LogP contribution in [0.3, 0.4) is 0 Å². The van der Waals surface area contributed by atoms with E-state index in [1.165, 1.54) is 0 Å². The first-order valence-electron chi connectivity index (χ1n) is 7.10. The Hall–Kier alpha value is -2.20. The van der Waals surface area contributed by atoms with Gasteiger partial charge in [0.1, 0.15) is 11.5 Å². The van der Waals surface area contributed by atoms with Crippen molar-refractivity contribution in [3.05, 3.63) is 60.0 Å². The second-order valence-electron chi connectivity index (χ2n) is 5.44. The molecule has 0 unspecified atom stereocenters. The molecule has 1 aromatic heterocycles. The van der Waals surface area contributed by atoms with Crippen molar-refractivity contribution in [2.75, 3.05) is 0 Å². The number of rotatable bonds is 4. The van der Waals surface area contributed by atoms with Gasteiger partial charge in [-0.15, -0.1) is 0 Å². The molecule has 2 aromatic carbocycles. The van der Waals surface area contributed by atoms with E-state index < -0.39 is 0 Å². The Morgan fingerprint density at radius 2 is 2.00 bits per heavy atom. The molecule has 0 aliphatic heterocycles. The molecule has 108 valence electrons. The smallest absolute Gasteiger partial charge is 0.149 e. The summed E-state index contributed by atoms with van der Waals surface area (Å²) < 4.78 is 16.0. The van der Waals surface area contributed by atoms with Crippen LogP contribution < -0.4 is 5.32 Å². The first-order valence-corrected chi connectivity index (χ1v) is 7.10. The van der Waals surface area contributed by atoms with E-state index in [0.29, 0.717) is 18.3 Å². The Morgan fingerprint density at radius 3 is 2.76 bits per heavy atom. The third kappa shape index (κ3) is 2.81. The minimum Gasteiger partial charge on any atom is -0.310 e. The molecule has 4 heteroatoms. The van der Waals surface area contributed by atoms with Crippen molar-refractivity contribution in [2.24, 2.45) is 0 Å². The molecule has 3 aromatic rings. The van der Waals surface area contributed by atoms with Crippen molar-refractivity contribution in [2.45, 2.75) is 26.4 Å². The third-order valence-corrected chi connectivity index (χ3v) is 3.43. The standard InChI is InChI=1S/C17H18FN3/c1-12(2)19-10-13-7-8-17(15(18)9-13)21-16-6-4-3-5-14(16)11-20-21/h3-9,11-12,19H,10H2,1-2H3. The fourth-order valence-electron chi connectivity index (χ4n) is 2.32. The average molecular weight is 283 g/mol. The molecule has 0 aliphatic rings. The summed E-state index contributed by atoms with van der Waals surface area (Å²) in [6.07, 6.45) is 1.75. The van der Waals surface area contributed by atoms with Crippen LogP contribution in [0.4, 0.5) is 4.39 Å². The van der Waals surface area contributed by atoms with Crippen molar-refractivity contribution >= 4 is 10.9 Å². The predicted octanol–water partition coefficient (Wildman–Crippen LogP) is 3.66. The van der Waals surface area contributed by atoms with E-state index in [1.807, 2.05) is 30.3 Å². The summed E-state index contributed by atoms with van der Waals surface area (Å²) in [6, 6.07) is 13.5. The number of hydrogen-bond donors (Lipinski definition) is 1. The molecule has 0 fully saturated rings. The van der Waals surface area contributed by atoms with E-state index in [2.05, 4.69) is 24.3 Å². The van der Waals surface area contributed by atoms with Gasteiger partial charge in [-0.1, -0.05) is 38.1 Å². The van der Waals surface area contributed by atoms with Crippen molar-refractivity contribution in [3.63, 3.8) is 0 Å². The van der Waals surface area contributed by atoms with Gasteiger partial charge in [0.15, 0.2) is 0 Å². The molecular formula is C17H18FN3. The number of nitrogens with zero attached hydrogens (tertiary/aromatic N) is 2. The van der Waals surface area contributed by atoms with Gasteiger partial charge in [-0.3, -0.25) is 0 Å². The summed E-state index contributed by atoms with van der Waals surface area (Å²) in [5, 5.41) is 8.58. The van der Waals surface area contributed by atoms with Crippen LogP contribution in [0.25, 0.3) is 16.6 Å². The lowest BCUT2D eigenvalue weighted by Gasteiger charge is -2.10. The van der Waals surface area contributed by atoms with E-state index in [-0.39, 0.29) is 5.82 Å². The van der Waals surface area contributed by atoms with E-state index in [0.717, 1.165) is 16.5 Å². The molecular weight excluding hydrogens is 265 g/mol. The zero-order valence-corrected chi connectivity index (χ0v) is 12.2. The van der Waals surface area contributed by atoms with Crippen LogP contribution >= 0.6 is 0 Å². The lowest BCUT2D eigenvalue weighted by atomic mass is 10.2. The Morgan fingerprint density at radius 1 is 1.19 bits per heavy atom. The van der Waals surface area contributed by atoms with E-state index in [4.69, 9.17) is 0 Å². The topological polar surface area (TPSA) is 29.9 Å². The second kappa shape index (κ2) is 5.66. The first kappa shape index (κ1) is 13.8. The average Bonchev–Trinajstić information content (AvgIpc) is 2.89. The van der Waals surface area contributed by atoms with Crippen LogP contribution in [-0.2, 0) is 6.54 Å². The van der Waals surface area contributed by atoms with Gasteiger partial charge in [-0.2, -0.15) is 5.10 Å². The monoisotopic (exact) mass is 283 g/mol. The van der Waals surface area contributed by atoms with Crippen molar-refractivity contribution < 1.29 is 4.39 Å². The highest BCUT2D eigenvalue weighted by molar-refractivity contribution is 5.80. The van der Waals surface area contributed by atoms with Crippen molar-refractivity contribution in [1.82, 2.24) is 15.1 Å². The number of fused-ring (bicyclic) bond motifs is 1. The SMILES string of the molecule is CC(C)NCc1ccc(-n2ncc3ccccc32)c(F)c1. The Labute approximate surface area is 123 Å². The van der Waals surface area contributed by atoms with Crippen LogP contribution in [-0.4, -0.2) is 15.8 Å². The van der Waals surface area contributed by atoms with Gasteiger partial charge < -0.3 is 5.32 Å². The zero-order valence-electron chi connectivity index (χ0n) is 12.2. The number of nitrogens with one attached hydrogen (secondary N) is 1. The molecule has 0 saturated carbocycles. The Bertz CT molecular complexity index is 762. The normalized spacial score (nSPS) is 11.4. The number of hydrogen-bond acceptors (Lipinski definition) is 2. The fourth-order valence-corrected chi connectivity index (χ4v) is 2.32. The van der Waals surface area contributed by atoms with Crippen LogP contribution in [0.5, 0.6) is 0 Å². The summed E-state index contributed by atoms with van der Waals surface area (Å²) in [7, 11) is 0. The summed E-state index contributed by atoms with van der Waals surface area (Å²) in [5.74, 6) is -0.257. The maximum Gasteiger partial charge on any atom is 0.149 e. The largest absolute Gasteiger partial charge is 0.310 e. The maximum absolute atomic E-state index is 14.4. The van der Waals surface area contributed by atoms with Gasteiger partial charge in [0.05, 0.1) is 11.7 Å². The molecule has 0 radical (unpaired) electrons. The molecule has 1 heterocycles. The lowest BCUT2D eigenvalue weighted by Crippen LogP contribution is -2.21. The molecule has 0 bridgehead atoms. The summed E-state index contributed by atoms with van der Waals surface area (Å²) >= 11 is 0. The van der Waals surface area contributed by atoms with Gasteiger partial charge in [0.2, 0.25) is 0 Å². The summed E-state index contributed by atoms with van der Waals surface area (Å²) in [4.78, 5) is 0. The quantitative estimate of drug-likeness (QED) is 0.792.